The lowest BCUT2D eigenvalue weighted by Gasteiger charge is -2.22. The number of nitrogens with zero attached hydrogens (tertiary/aromatic N) is 3. The van der Waals surface area contributed by atoms with Crippen molar-refractivity contribution in [1.29, 1.82) is 0 Å². The summed E-state index contributed by atoms with van der Waals surface area (Å²) in [5, 5.41) is 2.43. The minimum atomic E-state index is -0.0928. The van der Waals surface area contributed by atoms with E-state index >= 15 is 0 Å². The predicted molar refractivity (Wildman–Crippen MR) is 202 cm³/mol. The zero-order chi connectivity index (χ0) is 33.1. The van der Waals surface area contributed by atoms with Crippen LogP contribution in [-0.2, 0) is 10.8 Å². The number of aromatic nitrogens is 3. The Morgan fingerprint density at radius 2 is 1.04 bits per heavy atom. The van der Waals surface area contributed by atoms with E-state index in [0.29, 0.717) is 5.95 Å². The van der Waals surface area contributed by atoms with Crippen molar-refractivity contribution in [2.75, 3.05) is 0 Å². The summed E-state index contributed by atoms with van der Waals surface area (Å²) in [5.74, 6) is 0.682. The average molecular weight is 630 g/mol. The molecule has 0 unspecified atom stereocenters. The van der Waals surface area contributed by atoms with Gasteiger partial charge in [-0.1, -0.05) is 131 Å². The van der Waals surface area contributed by atoms with Gasteiger partial charge in [-0.3, -0.25) is 4.57 Å². The van der Waals surface area contributed by atoms with E-state index in [2.05, 4.69) is 160 Å². The highest BCUT2D eigenvalue weighted by Gasteiger charge is 2.37. The molecule has 8 aromatic rings. The Hall–Kier alpha value is -5.80. The third-order valence-electron chi connectivity index (χ3n) is 11.3. The van der Waals surface area contributed by atoms with Gasteiger partial charge in [0.15, 0.2) is 0 Å². The van der Waals surface area contributed by atoms with Crippen LogP contribution in [0.15, 0.2) is 140 Å². The Kier molecular flexibility index (Phi) is 5.69. The van der Waals surface area contributed by atoms with Crippen molar-refractivity contribution in [1.82, 2.24) is 14.5 Å². The molecule has 2 aromatic heterocycles. The summed E-state index contributed by atoms with van der Waals surface area (Å²) in [6, 6.07) is 48.8. The molecule has 49 heavy (non-hydrogen) atoms. The van der Waals surface area contributed by atoms with Crippen LogP contribution < -0.4 is 0 Å². The lowest BCUT2D eigenvalue weighted by molar-refractivity contribution is 0.660. The summed E-state index contributed by atoms with van der Waals surface area (Å²) < 4.78 is 2.24. The smallest absolute Gasteiger partial charge is 0.235 e. The molecule has 10 rings (SSSR count). The van der Waals surface area contributed by atoms with Crippen LogP contribution in [0.3, 0.4) is 0 Å². The Morgan fingerprint density at radius 3 is 1.80 bits per heavy atom. The van der Waals surface area contributed by atoms with Crippen molar-refractivity contribution in [3.63, 3.8) is 0 Å². The average Bonchev–Trinajstić information content (AvgIpc) is 3.67. The second kappa shape index (κ2) is 9.87. The molecule has 234 valence electrons. The first kappa shape index (κ1) is 28.2. The number of hydrogen-bond acceptors (Lipinski definition) is 2. The van der Waals surface area contributed by atoms with Gasteiger partial charge in [0.2, 0.25) is 5.95 Å². The quantitative estimate of drug-likeness (QED) is 0.195. The van der Waals surface area contributed by atoms with Crippen LogP contribution in [0, 0.1) is 0 Å². The number of para-hydroxylation sites is 1. The molecule has 0 spiro atoms. The first-order valence-corrected chi connectivity index (χ1v) is 17.2. The van der Waals surface area contributed by atoms with Crippen molar-refractivity contribution in [3.05, 3.63) is 162 Å². The molecule has 3 nitrogen and oxygen atoms in total. The maximum Gasteiger partial charge on any atom is 0.235 e. The number of fused-ring (bicyclic) bond motifs is 9. The molecule has 0 bridgehead atoms. The SMILES string of the molecule is CC1(C)c2ccccc2-c2ccc(-c3ccc(-c4ccnc(-n5c6ccccc6c6cc7c(cc65)C(C)(C)c5ccccc5-7)n4)cc3)cc21. The van der Waals surface area contributed by atoms with Gasteiger partial charge in [0.05, 0.1) is 16.7 Å². The summed E-state index contributed by atoms with van der Waals surface area (Å²) >= 11 is 0. The zero-order valence-electron chi connectivity index (χ0n) is 28.1. The van der Waals surface area contributed by atoms with Crippen LogP contribution in [0.1, 0.15) is 49.9 Å². The second-order valence-electron chi connectivity index (χ2n) is 14.7. The summed E-state index contributed by atoms with van der Waals surface area (Å²) in [6.45, 7) is 9.34. The molecule has 0 saturated heterocycles. The van der Waals surface area contributed by atoms with E-state index in [1.165, 1.54) is 66.4 Å². The van der Waals surface area contributed by atoms with Crippen molar-refractivity contribution in [2.24, 2.45) is 0 Å². The molecule has 0 saturated carbocycles. The minimum Gasteiger partial charge on any atom is -0.278 e. The fraction of sp³-hybridized carbons (Fsp3) is 0.130. The summed E-state index contributed by atoms with van der Waals surface area (Å²) in [6.07, 6.45) is 1.89. The number of benzene rings is 6. The Labute approximate surface area is 286 Å². The molecular weight excluding hydrogens is 595 g/mol. The van der Waals surface area contributed by atoms with Crippen LogP contribution in [-0.4, -0.2) is 14.5 Å². The molecule has 0 amide bonds. The fourth-order valence-electron chi connectivity index (χ4n) is 8.71. The first-order chi connectivity index (χ1) is 23.8. The van der Waals surface area contributed by atoms with Gasteiger partial charge < -0.3 is 0 Å². The van der Waals surface area contributed by atoms with Gasteiger partial charge in [-0.25, -0.2) is 9.97 Å². The molecule has 6 aromatic carbocycles. The Bertz CT molecular complexity index is 2650. The first-order valence-electron chi connectivity index (χ1n) is 17.2. The summed E-state index contributed by atoms with van der Waals surface area (Å²) in [5.41, 5.74) is 17.4. The topological polar surface area (TPSA) is 30.7 Å². The number of rotatable bonds is 3. The fourth-order valence-corrected chi connectivity index (χ4v) is 8.71. The molecule has 0 atom stereocenters. The largest absolute Gasteiger partial charge is 0.278 e. The molecular formula is C46H35N3. The maximum atomic E-state index is 5.20. The van der Waals surface area contributed by atoms with E-state index in [0.717, 1.165) is 22.3 Å². The van der Waals surface area contributed by atoms with Gasteiger partial charge in [0.1, 0.15) is 0 Å². The van der Waals surface area contributed by atoms with E-state index < -0.39 is 0 Å². The normalized spacial score (nSPS) is 14.9. The van der Waals surface area contributed by atoms with Crippen LogP contribution in [0.2, 0.25) is 0 Å². The van der Waals surface area contributed by atoms with Gasteiger partial charge in [-0.2, -0.15) is 0 Å². The van der Waals surface area contributed by atoms with Crippen molar-refractivity contribution in [2.45, 2.75) is 38.5 Å². The van der Waals surface area contributed by atoms with E-state index in [-0.39, 0.29) is 10.8 Å². The third-order valence-corrected chi connectivity index (χ3v) is 11.3. The molecule has 0 radical (unpaired) electrons. The molecule has 2 aliphatic carbocycles. The highest BCUT2D eigenvalue weighted by Crippen LogP contribution is 2.51. The predicted octanol–water partition coefficient (Wildman–Crippen LogP) is 11.5. The second-order valence-corrected chi connectivity index (χ2v) is 14.7. The monoisotopic (exact) mass is 629 g/mol. The van der Waals surface area contributed by atoms with Gasteiger partial charge in [0.25, 0.3) is 0 Å². The van der Waals surface area contributed by atoms with E-state index in [1.807, 2.05) is 12.3 Å². The van der Waals surface area contributed by atoms with Crippen LogP contribution in [0.25, 0.3) is 72.4 Å². The minimum absolute atomic E-state index is 0.0220. The molecule has 2 heterocycles. The molecule has 0 aliphatic heterocycles. The zero-order valence-corrected chi connectivity index (χ0v) is 28.1. The highest BCUT2D eigenvalue weighted by molar-refractivity contribution is 6.11. The van der Waals surface area contributed by atoms with Gasteiger partial charge in [0, 0.05) is 33.4 Å². The van der Waals surface area contributed by atoms with Crippen molar-refractivity contribution >= 4 is 21.8 Å². The van der Waals surface area contributed by atoms with Crippen molar-refractivity contribution < 1.29 is 0 Å². The third kappa shape index (κ3) is 3.90. The lowest BCUT2D eigenvalue weighted by Crippen LogP contribution is -2.15. The van der Waals surface area contributed by atoms with Gasteiger partial charge in [-0.15, -0.1) is 0 Å². The Morgan fingerprint density at radius 1 is 0.449 bits per heavy atom. The standard InChI is InChI=1S/C46H35N3/c1-45(2)37-14-8-5-11-31(37)33-22-21-30(25-39(33)45)28-17-19-29(20-18-28)41-23-24-47-44(48-41)49-42-16-10-7-13-34(42)36-26-35-32-12-6-9-15-38(32)46(3,4)40(35)27-43(36)49/h5-27H,1-4H3. The van der Waals surface area contributed by atoms with E-state index in [9.17, 15) is 0 Å². The molecule has 2 aliphatic rings. The van der Waals surface area contributed by atoms with Crippen LogP contribution in [0.4, 0.5) is 0 Å². The molecule has 0 N–H and O–H groups in total. The van der Waals surface area contributed by atoms with Crippen LogP contribution in [0.5, 0.6) is 0 Å². The van der Waals surface area contributed by atoms with Crippen molar-refractivity contribution in [3.8, 4) is 50.6 Å². The van der Waals surface area contributed by atoms with E-state index in [4.69, 9.17) is 9.97 Å². The highest BCUT2D eigenvalue weighted by atomic mass is 15.2. The lowest BCUT2D eigenvalue weighted by atomic mass is 9.81. The van der Waals surface area contributed by atoms with Gasteiger partial charge >= 0.3 is 0 Å². The number of hydrogen-bond donors (Lipinski definition) is 0. The maximum absolute atomic E-state index is 5.20. The Balaban J connectivity index is 1.06. The van der Waals surface area contributed by atoms with Gasteiger partial charge in [-0.05, 0) is 86.0 Å². The van der Waals surface area contributed by atoms with Crippen LogP contribution >= 0.6 is 0 Å². The van der Waals surface area contributed by atoms with E-state index in [1.54, 1.807) is 0 Å². The summed E-state index contributed by atoms with van der Waals surface area (Å²) in [7, 11) is 0. The molecule has 3 heteroatoms. The molecule has 0 fully saturated rings. The summed E-state index contributed by atoms with van der Waals surface area (Å²) in [4.78, 5) is 10.1.